The van der Waals surface area contributed by atoms with Gasteiger partial charge in [0.15, 0.2) is 0 Å². The molecule has 0 fully saturated rings. The van der Waals surface area contributed by atoms with Crippen LogP contribution < -0.4 is 11.5 Å². The quantitative estimate of drug-likeness (QED) is 0.563. The lowest BCUT2D eigenvalue weighted by molar-refractivity contribution is 0.977. The maximum Gasteiger partial charge on any atom is 0.216 e. The summed E-state index contributed by atoms with van der Waals surface area (Å²) in [5.41, 5.74) is 10.4. The zero-order valence-electron chi connectivity index (χ0n) is 8.76. The second-order valence-electron chi connectivity index (χ2n) is 2.41. The van der Waals surface area contributed by atoms with Crippen LogP contribution in [0.1, 0.15) is 0 Å². The van der Waals surface area contributed by atoms with E-state index in [1.54, 1.807) is 0 Å². The number of nitrogen functional groups attached to an aromatic ring is 2. The number of aromatic amines is 2. The minimum absolute atomic E-state index is 0.370. The van der Waals surface area contributed by atoms with Crippen molar-refractivity contribution in [2.45, 2.75) is 10.3 Å². The van der Waals surface area contributed by atoms with Crippen LogP contribution in [0, 0.1) is 0 Å². The molecule has 2 aromatic rings. The number of hydrogen-bond acceptors (Lipinski definition) is 8. The monoisotopic (exact) mass is 260 g/mol. The third-order valence-electron chi connectivity index (χ3n) is 1.33. The Bertz CT molecular complexity index is 383. The molecule has 10 heteroatoms. The number of nitrogens with zero attached hydrogens (tertiary/aromatic N) is 4. The zero-order valence-corrected chi connectivity index (χ0v) is 10.4. The van der Waals surface area contributed by atoms with E-state index < -0.39 is 0 Å². The van der Waals surface area contributed by atoms with E-state index in [0.29, 0.717) is 22.2 Å². The molecular formula is C6H12N8S2. The molecule has 0 unspecified atom stereocenters. The summed E-state index contributed by atoms with van der Waals surface area (Å²) in [7, 11) is 0. The van der Waals surface area contributed by atoms with Gasteiger partial charge in [-0.05, 0) is 12.5 Å². The number of thioether (sulfide) groups is 2. The van der Waals surface area contributed by atoms with Gasteiger partial charge in [0.2, 0.25) is 22.2 Å². The molecule has 8 nitrogen and oxygen atoms in total. The highest BCUT2D eigenvalue weighted by molar-refractivity contribution is 7.98. The van der Waals surface area contributed by atoms with E-state index in [0.717, 1.165) is 0 Å². The van der Waals surface area contributed by atoms with Crippen LogP contribution in [-0.4, -0.2) is 42.9 Å². The Kier molecular flexibility index (Phi) is 4.92. The van der Waals surface area contributed by atoms with Crippen molar-refractivity contribution in [2.24, 2.45) is 0 Å². The van der Waals surface area contributed by atoms with Crippen LogP contribution in [0.15, 0.2) is 10.3 Å². The van der Waals surface area contributed by atoms with E-state index in [-0.39, 0.29) is 0 Å². The van der Waals surface area contributed by atoms with E-state index in [1.807, 2.05) is 12.5 Å². The summed E-state index contributed by atoms with van der Waals surface area (Å²) in [6, 6.07) is 0. The molecule has 0 radical (unpaired) electrons. The van der Waals surface area contributed by atoms with Crippen molar-refractivity contribution < 1.29 is 0 Å². The first-order chi connectivity index (χ1) is 7.65. The van der Waals surface area contributed by atoms with E-state index in [9.17, 15) is 0 Å². The highest BCUT2D eigenvalue weighted by atomic mass is 32.2. The lowest BCUT2D eigenvalue weighted by Gasteiger charge is -1.76. The minimum Gasteiger partial charge on any atom is -0.368 e. The standard InChI is InChI=1S/2C3H6N4S/c2*1-8-3-5-2(4)6-7-3/h2*1H3,(H3,4,5,6,7). The first kappa shape index (κ1) is 12.6. The second-order valence-corrected chi connectivity index (χ2v) is 3.96. The third-order valence-corrected chi connectivity index (χ3v) is 2.42. The van der Waals surface area contributed by atoms with Crippen LogP contribution in [0.5, 0.6) is 0 Å². The lowest BCUT2D eigenvalue weighted by Crippen LogP contribution is -1.84. The number of rotatable bonds is 2. The molecule has 0 aromatic carbocycles. The molecule has 0 saturated heterocycles. The van der Waals surface area contributed by atoms with E-state index >= 15 is 0 Å². The van der Waals surface area contributed by atoms with Crippen LogP contribution >= 0.6 is 23.5 Å². The Labute approximate surface area is 100 Å². The molecule has 0 saturated carbocycles. The molecule has 0 aliphatic carbocycles. The largest absolute Gasteiger partial charge is 0.368 e. The van der Waals surface area contributed by atoms with Gasteiger partial charge in [0.05, 0.1) is 0 Å². The average molecular weight is 260 g/mol. The van der Waals surface area contributed by atoms with Gasteiger partial charge in [-0.3, -0.25) is 0 Å². The van der Waals surface area contributed by atoms with Gasteiger partial charge in [-0.15, -0.1) is 10.2 Å². The Balaban J connectivity index is 0.000000160. The van der Waals surface area contributed by atoms with Crippen molar-refractivity contribution in [3.8, 4) is 0 Å². The SMILES string of the molecule is CSc1n[nH]c(N)n1.CSc1n[nH]c(N)n1. The molecule has 0 bridgehead atoms. The highest BCUT2D eigenvalue weighted by Crippen LogP contribution is 2.06. The molecule has 0 aliphatic heterocycles. The normalized spacial score (nSPS) is 9.62. The zero-order chi connectivity index (χ0) is 12.0. The highest BCUT2D eigenvalue weighted by Gasteiger charge is 1.94. The topological polar surface area (TPSA) is 135 Å². The summed E-state index contributed by atoms with van der Waals surface area (Å²) >= 11 is 2.91. The predicted molar refractivity (Wildman–Crippen MR) is 65.2 cm³/mol. The van der Waals surface area contributed by atoms with Crippen LogP contribution in [0.3, 0.4) is 0 Å². The molecule has 16 heavy (non-hydrogen) atoms. The van der Waals surface area contributed by atoms with Crippen LogP contribution in [0.2, 0.25) is 0 Å². The summed E-state index contributed by atoms with van der Waals surface area (Å²) in [6.07, 6.45) is 3.78. The molecule has 2 heterocycles. The van der Waals surface area contributed by atoms with E-state index in [2.05, 4.69) is 30.4 Å². The third kappa shape index (κ3) is 3.98. The number of anilines is 2. The van der Waals surface area contributed by atoms with Crippen molar-refractivity contribution in [3.05, 3.63) is 0 Å². The van der Waals surface area contributed by atoms with Gasteiger partial charge in [0.1, 0.15) is 0 Å². The van der Waals surface area contributed by atoms with E-state index in [4.69, 9.17) is 11.5 Å². The Hall–Kier alpha value is -1.42. The molecule has 0 aliphatic rings. The number of aromatic nitrogens is 6. The smallest absolute Gasteiger partial charge is 0.216 e. The predicted octanol–water partition coefficient (Wildman–Crippen LogP) is 0.218. The molecule has 0 spiro atoms. The number of hydrogen-bond donors (Lipinski definition) is 4. The maximum atomic E-state index is 5.21. The number of nitrogens with two attached hydrogens (primary N) is 2. The number of nitrogens with one attached hydrogen (secondary N) is 2. The minimum atomic E-state index is 0.370. The first-order valence-electron chi connectivity index (χ1n) is 4.09. The fourth-order valence-electron chi connectivity index (χ4n) is 0.699. The van der Waals surface area contributed by atoms with Gasteiger partial charge in [-0.25, -0.2) is 10.2 Å². The fourth-order valence-corrected chi connectivity index (χ4v) is 1.35. The molecule has 0 amide bonds. The fraction of sp³-hybridized carbons (Fsp3) is 0.333. The lowest BCUT2D eigenvalue weighted by atomic mass is 11.1. The van der Waals surface area contributed by atoms with Crippen molar-refractivity contribution >= 4 is 35.4 Å². The van der Waals surface area contributed by atoms with Gasteiger partial charge in [0, 0.05) is 0 Å². The Morgan fingerprint density at radius 2 is 1.25 bits per heavy atom. The van der Waals surface area contributed by atoms with Crippen LogP contribution in [0.25, 0.3) is 0 Å². The van der Waals surface area contributed by atoms with Crippen molar-refractivity contribution in [2.75, 3.05) is 24.0 Å². The molecule has 2 rings (SSSR count). The van der Waals surface area contributed by atoms with E-state index in [1.165, 1.54) is 23.5 Å². The molecular weight excluding hydrogens is 248 g/mol. The summed E-state index contributed by atoms with van der Waals surface area (Å²) in [4.78, 5) is 7.61. The number of H-pyrrole nitrogens is 2. The van der Waals surface area contributed by atoms with Gasteiger partial charge >= 0.3 is 0 Å². The Morgan fingerprint density at radius 1 is 0.875 bits per heavy atom. The van der Waals surface area contributed by atoms with Crippen molar-refractivity contribution in [3.63, 3.8) is 0 Å². The summed E-state index contributed by atoms with van der Waals surface area (Å²) < 4.78 is 0. The maximum absolute atomic E-state index is 5.21. The average Bonchev–Trinajstić information content (AvgIpc) is 2.88. The van der Waals surface area contributed by atoms with Gasteiger partial charge in [0.25, 0.3) is 0 Å². The summed E-state index contributed by atoms with van der Waals surface area (Å²) in [5, 5.41) is 13.9. The van der Waals surface area contributed by atoms with Gasteiger partial charge < -0.3 is 11.5 Å². The first-order valence-corrected chi connectivity index (χ1v) is 6.54. The second kappa shape index (κ2) is 6.23. The summed E-state index contributed by atoms with van der Waals surface area (Å²) in [6.45, 7) is 0. The van der Waals surface area contributed by atoms with Crippen LogP contribution in [0.4, 0.5) is 11.9 Å². The van der Waals surface area contributed by atoms with Gasteiger partial charge in [-0.2, -0.15) is 9.97 Å². The molecule has 2 aromatic heterocycles. The van der Waals surface area contributed by atoms with Gasteiger partial charge in [-0.1, -0.05) is 23.5 Å². The Morgan fingerprint density at radius 3 is 1.38 bits per heavy atom. The van der Waals surface area contributed by atoms with Crippen molar-refractivity contribution in [1.82, 2.24) is 30.4 Å². The molecule has 6 N–H and O–H groups in total. The van der Waals surface area contributed by atoms with Crippen LogP contribution in [-0.2, 0) is 0 Å². The molecule has 0 atom stereocenters. The summed E-state index contributed by atoms with van der Waals surface area (Å²) in [5.74, 6) is 0.740. The molecule has 88 valence electrons. The van der Waals surface area contributed by atoms with Crippen molar-refractivity contribution in [1.29, 1.82) is 0 Å².